The molecule has 1 aromatic carbocycles. The summed E-state index contributed by atoms with van der Waals surface area (Å²) in [5, 5.41) is 0.950. The summed E-state index contributed by atoms with van der Waals surface area (Å²) in [6.07, 6.45) is -0.0265. The van der Waals surface area contributed by atoms with Crippen LogP contribution in [0.3, 0.4) is 0 Å². The number of methoxy groups -OCH3 is 2. The van der Waals surface area contributed by atoms with Gasteiger partial charge in [0.15, 0.2) is 0 Å². The topological polar surface area (TPSA) is 65.7 Å². The zero-order valence-corrected chi connectivity index (χ0v) is 11.1. The number of fused-ring (bicyclic) bond motifs is 1. The molecule has 5 nitrogen and oxygen atoms in total. The lowest BCUT2D eigenvalue weighted by molar-refractivity contribution is -0.139. The van der Waals surface area contributed by atoms with Crippen LogP contribution in [0.25, 0.3) is 11.0 Å². The molecule has 0 saturated heterocycles. The van der Waals surface area contributed by atoms with E-state index in [0.717, 1.165) is 0 Å². The van der Waals surface area contributed by atoms with Crippen LogP contribution in [-0.2, 0) is 16.0 Å². The summed E-state index contributed by atoms with van der Waals surface area (Å²) in [4.78, 5) is 22.8. The van der Waals surface area contributed by atoms with Gasteiger partial charge in [-0.15, -0.1) is 0 Å². The molecule has 0 saturated carbocycles. The second kappa shape index (κ2) is 5.32. The summed E-state index contributed by atoms with van der Waals surface area (Å²) in [6.45, 7) is 0. The molecule has 0 unspecified atom stereocenters. The molecule has 0 radical (unpaired) electrons. The predicted octanol–water partition coefficient (Wildman–Crippen LogP) is 2.17. The van der Waals surface area contributed by atoms with Crippen LogP contribution in [0.4, 0.5) is 0 Å². The Bertz CT molecular complexity index is 689. The Morgan fingerprint density at radius 2 is 2.05 bits per heavy atom. The lowest BCUT2D eigenvalue weighted by Crippen LogP contribution is -2.08. The molecule has 0 spiro atoms. The van der Waals surface area contributed by atoms with Gasteiger partial charge in [0.25, 0.3) is 0 Å². The SMILES string of the molecule is COC(=O)Cc1cc(=O)oc2cc(OC)c(Cl)cc12. The van der Waals surface area contributed by atoms with Crippen molar-refractivity contribution in [1.82, 2.24) is 0 Å². The first kappa shape index (κ1) is 13.4. The lowest BCUT2D eigenvalue weighted by atomic mass is 10.1. The van der Waals surface area contributed by atoms with E-state index in [-0.39, 0.29) is 6.42 Å². The van der Waals surface area contributed by atoms with Gasteiger partial charge in [-0.1, -0.05) is 11.6 Å². The van der Waals surface area contributed by atoms with E-state index in [0.29, 0.717) is 27.3 Å². The Morgan fingerprint density at radius 1 is 1.32 bits per heavy atom. The summed E-state index contributed by atoms with van der Waals surface area (Å²) in [7, 11) is 2.75. The fourth-order valence-corrected chi connectivity index (χ4v) is 2.00. The van der Waals surface area contributed by atoms with Crippen LogP contribution in [-0.4, -0.2) is 20.2 Å². The maximum Gasteiger partial charge on any atom is 0.336 e. The monoisotopic (exact) mass is 282 g/mol. The fourth-order valence-electron chi connectivity index (χ4n) is 1.76. The number of benzene rings is 1. The number of hydrogen-bond acceptors (Lipinski definition) is 5. The number of ether oxygens (including phenoxy) is 2. The van der Waals surface area contributed by atoms with Crippen molar-refractivity contribution in [3.63, 3.8) is 0 Å². The van der Waals surface area contributed by atoms with Crippen molar-refractivity contribution in [1.29, 1.82) is 0 Å². The lowest BCUT2D eigenvalue weighted by Gasteiger charge is -2.07. The molecule has 0 bridgehead atoms. The van der Waals surface area contributed by atoms with Gasteiger partial charge in [0.05, 0.1) is 25.7 Å². The maximum atomic E-state index is 11.5. The summed E-state index contributed by atoms with van der Waals surface area (Å²) in [5.41, 5.74) is 0.270. The number of halogens is 1. The molecule has 0 aliphatic rings. The van der Waals surface area contributed by atoms with Crippen molar-refractivity contribution in [3.05, 3.63) is 39.2 Å². The van der Waals surface area contributed by atoms with E-state index in [4.69, 9.17) is 20.8 Å². The third-order valence-corrected chi connectivity index (χ3v) is 2.96. The van der Waals surface area contributed by atoms with Crippen LogP contribution in [0.1, 0.15) is 5.56 Å². The van der Waals surface area contributed by atoms with E-state index in [2.05, 4.69) is 4.74 Å². The molecular formula is C13H11ClO5. The Labute approximate surface area is 113 Å². The zero-order chi connectivity index (χ0) is 14.0. The molecule has 2 aromatic rings. The van der Waals surface area contributed by atoms with Gasteiger partial charge in [-0.3, -0.25) is 4.79 Å². The van der Waals surface area contributed by atoms with Gasteiger partial charge in [-0.2, -0.15) is 0 Å². The molecule has 6 heteroatoms. The maximum absolute atomic E-state index is 11.5. The zero-order valence-electron chi connectivity index (χ0n) is 10.4. The highest BCUT2D eigenvalue weighted by Crippen LogP contribution is 2.31. The largest absolute Gasteiger partial charge is 0.495 e. The predicted molar refractivity (Wildman–Crippen MR) is 69.8 cm³/mol. The number of hydrogen-bond donors (Lipinski definition) is 0. The van der Waals surface area contributed by atoms with E-state index >= 15 is 0 Å². The van der Waals surface area contributed by atoms with E-state index in [9.17, 15) is 9.59 Å². The second-order valence-electron chi connectivity index (χ2n) is 3.83. The highest BCUT2D eigenvalue weighted by molar-refractivity contribution is 6.32. The summed E-state index contributed by atoms with van der Waals surface area (Å²) in [6, 6.07) is 4.36. The normalized spacial score (nSPS) is 10.5. The summed E-state index contributed by atoms with van der Waals surface area (Å²) >= 11 is 6.02. The first-order chi connectivity index (χ1) is 9.05. The van der Waals surface area contributed by atoms with Crippen LogP contribution >= 0.6 is 11.6 Å². The fraction of sp³-hybridized carbons (Fsp3) is 0.231. The van der Waals surface area contributed by atoms with Gasteiger partial charge >= 0.3 is 11.6 Å². The average molecular weight is 283 g/mol. The average Bonchev–Trinajstić information content (AvgIpc) is 2.38. The number of carbonyl (C=O) groups is 1. The van der Waals surface area contributed by atoms with Crippen molar-refractivity contribution < 1.29 is 18.7 Å². The Kier molecular flexibility index (Phi) is 3.76. The van der Waals surface area contributed by atoms with Gasteiger partial charge in [-0.05, 0) is 11.6 Å². The quantitative estimate of drug-likeness (QED) is 0.637. The standard InChI is InChI=1S/C13H11ClO5/c1-17-11-6-10-8(5-9(11)14)7(3-12(15)18-2)4-13(16)19-10/h4-6H,3H2,1-2H3. The molecule has 100 valence electrons. The van der Waals surface area contributed by atoms with Crippen LogP contribution in [0.5, 0.6) is 5.75 Å². The van der Waals surface area contributed by atoms with Gasteiger partial charge in [-0.25, -0.2) is 4.79 Å². The minimum absolute atomic E-state index is 0.0265. The van der Waals surface area contributed by atoms with Crippen LogP contribution < -0.4 is 10.4 Å². The van der Waals surface area contributed by atoms with E-state index in [1.165, 1.54) is 26.4 Å². The molecular weight excluding hydrogens is 272 g/mol. The van der Waals surface area contributed by atoms with E-state index < -0.39 is 11.6 Å². The van der Waals surface area contributed by atoms with Gasteiger partial charge in [0.2, 0.25) is 0 Å². The molecule has 0 atom stereocenters. The van der Waals surface area contributed by atoms with Crippen LogP contribution in [0.2, 0.25) is 5.02 Å². The van der Waals surface area contributed by atoms with E-state index in [1.54, 1.807) is 6.07 Å². The van der Waals surface area contributed by atoms with Crippen LogP contribution in [0, 0.1) is 0 Å². The Balaban J connectivity index is 2.66. The van der Waals surface area contributed by atoms with Crippen molar-refractivity contribution in [2.75, 3.05) is 14.2 Å². The number of esters is 1. The van der Waals surface area contributed by atoms with Crippen LogP contribution in [0.15, 0.2) is 27.4 Å². The summed E-state index contributed by atoms with van der Waals surface area (Å²) < 4.78 is 14.7. The molecule has 2 rings (SSSR count). The first-order valence-corrected chi connectivity index (χ1v) is 5.80. The molecule has 0 aliphatic carbocycles. The molecule has 1 aromatic heterocycles. The Morgan fingerprint density at radius 3 is 2.68 bits per heavy atom. The minimum atomic E-state index is -0.546. The summed E-state index contributed by atoms with van der Waals surface area (Å²) in [5.74, 6) is -0.0497. The smallest absolute Gasteiger partial charge is 0.336 e. The second-order valence-corrected chi connectivity index (χ2v) is 4.23. The molecule has 0 aliphatic heterocycles. The van der Waals surface area contributed by atoms with Crippen molar-refractivity contribution in [2.24, 2.45) is 0 Å². The van der Waals surface area contributed by atoms with Gasteiger partial charge in [0, 0.05) is 17.5 Å². The van der Waals surface area contributed by atoms with E-state index in [1.807, 2.05) is 0 Å². The number of rotatable bonds is 3. The molecule has 1 heterocycles. The molecule has 0 N–H and O–H groups in total. The molecule has 0 fully saturated rings. The first-order valence-electron chi connectivity index (χ1n) is 5.42. The highest BCUT2D eigenvalue weighted by Gasteiger charge is 2.13. The molecule has 19 heavy (non-hydrogen) atoms. The number of carbonyl (C=O) groups excluding carboxylic acids is 1. The van der Waals surface area contributed by atoms with Crippen molar-refractivity contribution in [2.45, 2.75) is 6.42 Å². The van der Waals surface area contributed by atoms with Crippen molar-refractivity contribution in [3.8, 4) is 5.75 Å². The van der Waals surface area contributed by atoms with Gasteiger partial charge < -0.3 is 13.9 Å². The highest BCUT2D eigenvalue weighted by atomic mass is 35.5. The molecule has 0 amide bonds. The third kappa shape index (κ3) is 2.71. The minimum Gasteiger partial charge on any atom is -0.495 e. The van der Waals surface area contributed by atoms with Crippen molar-refractivity contribution >= 4 is 28.5 Å². The van der Waals surface area contributed by atoms with Gasteiger partial charge in [0.1, 0.15) is 11.3 Å². The Hall–Kier alpha value is -2.01. The third-order valence-electron chi connectivity index (χ3n) is 2.67.